The summed E-state index contributed by atoms with van der Waals surface area (Å²) in [5, 5.41) is 15.7. The Bertz CT molecular complexity index is 682. The zero-order chi connectivity index (χ0) is 21.9. The molecule has 1 aliphatic heterocycles. The Hall–Kier alpha value is -0.940. The minimum absolute atomic E-state index is 0. The van der Waals surface area contributed by atoms with Gasteiger partial charge in [0, 0.05) is 38.9 Å². The van der Waals surface area contributed by atoms with Crippen LogP contribution in [-0.2, 0) is 18.3 Å². The van der Waals surface area contributed by atoms with Crippen molar-refractivity contribution in [1.82, 2.24) is 30.3 Å². The van der Waals surface area contributed by atoms with E-state index in [2.05, 4.69) is 25.7 Å². The zero-order valence-corrected chi connectivity index (χ0v) is 22.7. The lowest BCUT2D eigenvalue weighted by molar-refractivity contribution is 0.0368. The fraction of sp³-hybridized carbons (Fsp3) is 0.870. The molecular weight excluding hydrogens is 517 g/mol. The molecule has 32 heavy (non-hydrogen) atoms. The number of hydrogen-bond donors (Lipinski definition) is 2. The van der Waals surface area contributed by atoms with Crippen molar-refractivity contribution in [3.63, 3.8) is 0 Å². The number of rotatable bonds is 10. The van der Waals surface area contributed by atoms with E-state index in [1.165, 1.54) is 64.5 Å². The van der Waals surface area contributed by atoms with E-state index in [4.69, 9.17) is 9.73 Å². The molecular formula is C23H44IN7O. The number of guanidine groups is 1. The van der Waals surface area contributed by atoms with Crippen LogP contribution in [0.15, 0.2) is 4.99 Å². The third-order valence-corrected chi connectivity index (χ3v) is 6.92. The first-order chi connectivity index (χ1) is 15.1. The fourth-order valence-corrected chi connectivity index (χ4v) is 4.87. The zero-order valence-electron chi connectivity index (χ0n) is 20.4. The number of nitrogens with one attached hydrogen (secondary N) is 2. The normalized spacial score (nSPS) is 19.4. The van der Waals surface area contributed by atoms with Crippen LogP contribution in [0, 0.1) is 6.92 Å². The summed E-state index contributed by atoms with van der Waals surface area (Å²) in [6, 6.07) is 0. The molecule has 2 N–H and O–H groups in total. The molecule has 0 aromatic carbocycles. The first-order valence-electron chi connectivity index (χ1n) is 12.3. The molecule has 184 valence electrons. The number of hydrogen-bond acceptors (Lipinski definition) is 5. The van der Waals surface area contributed by atoms with Gasteiger partial charge in [-0.05, 0) is 59.0 Å². The summed E-state index contributed by atoms with van der Waals surface area (Å²) in [5.41, 5.74) is 0.272. The first-order valence-corrected chi connectivity index (χ1v) is 12.3. The first kappa shape index (κ1) is 27.3. The van der Waals surface area contributed by atoms with Gasteiger partial charge in [0.1, 0.15) is 12.4 Å². The van der Waals surface area contributed by atoms with Gasteiger partial charge in [-0.15, -0.1) is 34.2 Å². The Kier molecular flexibility index (Phi) is 12.2. The monoisotopic (exact) mass is 561 g/mol. The van der Waals surface area contributed by atoms with E-state index in [0.29, 0.717) is 6.54 Å². The van der Waals surface area contributed by atoms with E-state index < -0.39 is 0 Å². The summed E-state index contributed by atoms with van der Waals surface area (Å²) in [4.78, 5) is 7.64. The average molecular weight is 562 g/mol. The van der Waals surface area contributed by atoms with Gasteiger partial charge in [-0.2, -0.15) is 0 Å². The van der Waals surface area contributed by atoms with Crippen molar-refractivity contribution in [1.29, 1.82) is 0 Å². The molecule has 1 aromatic rings. The molecule has 2 heterocycles. The van der Waals surface area contributed by atoms with E-state index in [1.54, 1.807) is 0 Å². The fourth-order valence-electron chi connectivity index (χ4n) is 4.87. The molecule has 0 spiro atoms. The number of nitrogens with zero attached hydrogens (tertiary/aromatic N) is 5. The van der Waals surface area contributed by atoms with Crippen molar-refractivity contribution in [3.05, 3.63) is 11.6 Å². The number of ether oxygens (including phenoxy) is 1. The van der Waals surface area contributed by atoms with Crippen LogP contribution in [0.5, 0.6) is 0 Å². The molecule has 1 aromatic heterocycles. The van der Waals surface area contributed by atoms with Crippen LogP contribution < -0.4 is 10.6 Å². The highest BCUT2D eigenvalue weighted by molar-refractivity contribution is 14.0. The lowest BCUT2D eigenvalue weighted by Gasteiger charge is -2.48. The Labute approximate surface area is 211 Å². The van der Waals surface area contributed by atoms with Gasteiger partial charge in [-0.25, -0.2) is 4.99 Å². The largest absolute Gasteiger partial charge is 0.382 e. The summed E-state index contributed by atoms with van der Waals surface area (Å²) >= 11 is 0. The smallest absolute Gasteiger partial charge is 0.191 e. The number of piperidine rings is 1. The van der Waals surface area contributed by atoms with E-state index in [-0.39, 0.29) is 29.5 Å². The minimum Gasteiger partial charge on any atom is -0.382 e. The Balaban J connectivity index is 0.00000363. The van der Waals surface area contributed by atoms with E-state index in [0.717, 1.165) is 50.3 Å². The molecule has 8 nitrogen and oxygen atoms in total. The number of halogens is 1. The summed E-state index contributed by atoms with van der Waals surface area (Å²) in [6.45, 7) is 10.4. The number of aliphatic imine (C=N–C) groups is 1. The Morgan fingerprint density at radius 3 is 2.44 bits per heavy atom. The minimum atomic E-state index is 0. The molecule has 0 amide bonds. The molecule has 0 radical (unpaired) electrons. The van der Waals surface area contributed by atoms with Crippen molar-refractivity contribution in [2.45, 2.75) is 83.7 Å². The lowest BCUT2D eigenvalue weighted by Crippen LogP contribution is -2.59. The standard InChI is InChI=1S/C23H43N7O.HI/c1-4-31-17-11-14-24-22(25-18-21-28-27-20(2)29(21)3)26-19-23(12-7-5-8-13-23)30-15-9-6-10-16-30;/h4-19H2,1-3H3,(H2,24,25,26);1H. The lowest BCUT2D eigenvalue weighted by atomic mass is 9.79. The van der Waals surface area contributed by atoms with Crippen molar-refractivity contribution < 1.29 is 4.74 Å². The maximum absolute atomic E-state index is 5.49. The molecule has 2 fully saturated rings. The van der Waals surface area contributed by atoms with Crippen LogP contribution in [0.4, 0.5) is 0 Å². The van der Waals surface area contributed by atoms with Crippen molar-refractivity contribution >= 4 is 29.9 Å². The summed E-state index contributed by atoms with van der Waals surface area (Å²) in [5.74, 6) is 2.67. The van der Waals surface area contributed by atoms with E-state index in [9.17, 15) is 0 Å². The van der Waals surface area contributed by atoms with Gasteiger partial charge in [-0.1, -0.05) is 25.7 Å². The SMILES string of the molecule is CCOCCCNC(=NCc1nnc(C)n1C)NCC1(N2CCCCC2)CCCCC1.I. The van der Waals surface area contributed by atoms with Gasteiger partial charge in [0.2, 0.25) is 0 Å². The molecule has 0 atom stereocenters. The van der Waals surface area contributed by atoms with Crippen molar-refractivity contribution in [2.75, 3.05) is 39.4 Å². The second-order valence-electron chi connectivity index (χ2n) is 9.05. The summed E-state index contributed by atoms with van der Waals surface area (Å²) < 4.78 is 7.49. The Morgan fingerprint density at radius 1 is 1.06 bits per heavy atom. The molecule has 9 heteroatoms. The van der Waals surface area contributed by atoms with Gasteiger partial charge in [0.25, 0.3) is 0 Å². The topological polar surface area (TPSA) is 79.6 Å². The van der Waals surface area contributed by atoms with Crippen LogP contribution in [0.3, 0.4) is 0 Å². The number of aromatic nitrogens is 3. The predicted molar refractivity (Wildman–Crippen MR) is 141 cm³/mol. The third kappa shape index (κ3) is 7.83. The third-order valence-electron chi connectivity index (χ3n) is 6.92. The van der Waals surface area contributed by atoms with E-state index in [1.807, 2.05) is 25.5 Å². The number of likely N-dealkylation sites (tertiary alicyclic amines) is 1. The highest BCUT2D eigenvalue weighted by atomic mass is 127. The van der Waals surface area contributed by atoms with Gasteiger partial charge < -0.3 is 19.9 Å². The highest BCUT2D eigenvalue weighted by Crippen LogP contribution is 2.35. The highest BCUT2D eigenvalue weighted by Gasteiger charge is 2.38. The maximum atomic E-state index is 5.49. The van der Waals surface area contributed by atoms with Crippen LogP contribution >= 0.6 is 24.0 Å². The molecule has 1 saturated carbocycles. The van der Waals surface area contributed by atoms with Crippen LogP contribution in [0.2, 0.25) is 0 Å². The average Bonchev–Trinajstić information content (AvgIpc) is 3.13. The van der Waals surface area contributed by atoms with Crippen molar-refractivity contribution in [3.8, 4) is 0 Å². The predicted octanol–water partition coefficient (Wildman–Crippen LogP) is 3.39. The quantitative estimate of drug-likeness (QED) is 0.197. The van der Waals surface area contributed by atoms with Gasteiger partial charge in [0.05, 0.1) is 0 Å². The second kappa shape index (κ2) is 14.3. The van der Waals surface area contributed by atoms with Gasteiger partial charge in [0.15, 0.2) is 11.8 Å². The van der Waals surface area contributed by atoms with Crippen LogP contribution in [0.25, 0.3) is 0 Å². The summed E-state index contributed by atoms with van der Waals surface area (Å²) in [6.07, 6.45) is 11.7. The van der Waals surface area contributed by atoms with Crippen LogP contribution in [0.1, 0.15) is 76.4 Å². The molecule has 2 aliphatic rings. The molecule has 1 saturated heterocycles. The maximum Gasteiger partial charge on any atom is 0.191 e. The van der Waals surface area contributed by atoms with Gasteiger partial charge >= 0.3 is 0 Å². The Morgan fingerprint density at radius 2 is 1.78 bits per heavy atom. The number of aryl methyl sites for hydroxylation is 1. The molecule has 1 aliphatic carbocycles. The van der Waals surface area contributed by atoms with Gasteiger partial charge in [-0.3, -0.25) is 4.90 Å². The second-order valence-corrected chi connectivity index (χ2v) is 9.05. The molecule has 0 unspecified atom stereocenters. The van der Waals surface area contributed by atoms with Crippen LogP contribution in [-0.4, -0.2) is 70.6 Å². The molecule has 3 rings (SSSR count). The van der Waals surface area contributed by atoms with E-state index >= 15 is 0 Å². The molecule has 0 bridgehead atoms. The van der Waals surface area contributed by atoms with Crippen molar-refractivity contribution in [2.24, 2.45) is 12.0 Å². The summed E-state index contributed by atoms with van der Waals surface area (Å²) in [7, 11) is 2.00.